The smallest absolute Gasteiger partial charge is 0.243 e. The molecule has 3 aromatic rings. The van der Waals surface area contributed by atoms with Gasteiger partial charge in [0.1, 0.15) is 18.0 Å². The molecular formula is C23H21ClN6O3. The highest BCUT2D eigenvalue weighted by Gasteiger charge is 2.33. The summed E-state index contributed by atoms with van der Waals surface area (Å²) in [5.41, 5.74) is 2.29. The molecule has 0 bridgehead atoms. The van der Waals surface area contributed by atoms with Crippen molar-refractivity contribution < 1.29 is 14.4 Å². The Hall–Kier alpha value is -3.98. The van der Waals surface area contributed by atoms with E-state index >= 15 is 0 Å². The van der Waals surface area contributed by atoms with Gasteiger partial charge in [0.15, 0.2) is 5.78 Å². The van der Waals surface area contributed by atoms with Crippen molar-refractivity contribution in [3.8, 4) is 0 Å². The number of ketones is 1. The predicted octanol–water partition coefficient (Wildman–Crippen LogP) is 3.34. The average molecular weight is 465 g/mol. The van der Waals surface area contributed by atoms with E-state index < -0.39 is 5.92 Å². The maximum atomic E-state index is 13.1. The molecule has 1 aromatic heterocycles. The molecule has 10 heteroatoms. The van der Waals surface area contributed by atoms with Gasteiger partial charge in [0.05, 0.1) is 12.5 Å². The van der Waals surface area contributed by atoms with Crippen LogP contribution in [-0.4, -0.2) is 40.7 Å². The zero-order valence-corrected chi connectivity index (χ0v) is 18.4. The second-order valence-corrected chi connectivity index (χ2v) is 7.90. The number of halogens is 1. The standard InChI is InChI=1S/C23H21ClN6O3/c1-13(31)25-11-19(32)29-16-7-15(24)8-17(9-16)30-23-20-18(10-26-22(20)27-12-28-23)21(33)14-5-3-2-4-6-14/h2-9,12,18H,10-11H2,1H3,(H,25,31)(H,29,32)(H2,26,27,28,30). The van der Waals surface area contributed by atoms with Gasteiger partial charge in [-0.2, -0.15) is 0 Å². The number of aromatic nitrogens is 2. The molecule has 2 amide bonds. The molecule has 168 valence electrons. The number of Topliss-reactive ketones (excluding diaryl/α,β-unsaturated/α-hetero) is 1. The Morgan fingerprint density at radius 3 is 2.61 bits per heavy atom. The van der Waals surface area contributed by atoms with Crippen molar-refractivity contribution in [1.82, 2.24) is 15.3 Å². The summed E-state index contributed by atoms with van der Waals surface area (Å²) in [5, 5.41) is 11.9. The van der Waals surface area contributed by atoms with Gasteiger partial charge in [-0.1, -0.05) is 41.9 Å². The zero-order valence-electron chi connectivity index (χ0n) is 17.7. The molecule has 2 aromatic carbocycles. The lowest BCUT2D eigenvalue weighted by Crippen LogP contribution is -2.31. The van der Waals surface area contributed by atoms with Crippen LogP contribution in [-0.2, 0) is 9.59 Å². The Labute approximate surface area is 195 Å². The van der Waals surface area contributed by atoms with Crippen molar-refractivity contribution in [2.75, 3.05) is 29.0 Å². The number of amides is 2. The minimum absolute atomic E-state index is 0.0308. The summed E-state index contributed by atoms with van der Waals surface area (Å²) in [7, 11) is 0. The fourth-order valence-corrected chi connectivity index (χ4v) is 3.81. The lowest BCUT2D eigenvalue weighted by atomic mass is 9.93. The Kier molecular flexibility index (Phi) is 6.50. The van der Waals surface area contributed by atoms with Crippen LogP contribution in [0.4, 0.5) is 23.0 Å². The van der Waals surface area contributed by atoms with E-state index in [1.807, 2.05) is 18.2 Å². The van der Waals surface area contributed by atoms with E-state index in [1.54, 1.807) is 30.3 Å². The first kappa shape index (κ1) is 22.2. The van der Waals surface area contributed by atoms with Crippen LogP contribution in [0.25, 0.3) is 0 Å². The number of carbonyl (C=O) groups excluding carboxylic acids is 3. The Morgan fingerprint density at radius 1 is 1.09 bits per heavy atom. The zero-order chi connectivity index (χ0) is 23.4. The van der Waals surface area contributed by atoms with Crippen LogP contribution in [0.5, 0.6) is 0 Å². The van der Waals surface area contributed by atoms with Crippen LogP contribution in [0, 0.1) is 0 Å². The van der Waals surface area contributed by atoms with E-state index in [2.05, 4.69) is 31.2 Å². The predicted molar refractivity (Wildman–Crippen MR) is 126 cm³/mol. The topological polar surface area (TPSA) is 125 Å². The molecule has 2 heterocycles. The van der Waals surface area contributed by atoms with Gasteiger partial charge < -0.3 is 21.3 Å². The van der Waals surface area contributed by atoms with E-state index in [0.717, 1.165) is 0 Å². The van der Waals surface area contributed by atoms with Crippen LogP contribution in [0.15, 0.2) is 54.9 Å². The fourth-order valence-electron chi connectivity index (χ4n) is 3.57. The molecular weight excluding hydrogens is 444 g/mol. The Bertz CT molecular complexity index is 1220. The number of rotatable bonds is 7. The van der Waals surface area contributed by atoms with Gasteiger partial charge >= 0.3 is 0 Å². The first-order chi connectivity index (χ1) is 15.9. The van der Waals surface area contributed by atoms with Gasteiger partial charge in [0.2, 0.25) is 11.8 Å². The van der Waals surface area contributed by atoms with E-state index in [1.165, 1.54) is 13.3 Å². The van der Waals surface area contributed by atoms with Crippen molar-refractivity contribution in [1.29, 1.82) is 0 Å². The molecule has 33 heavy (non-hydrogen) atoms. The van der Waals surface area contributed by atoms with Crippen LogP contribution in [0.1, 0.15) is 28.8 Å². The first-order valence-corrected chi connectivity index (χ1v) is 10.6. The number of fused-ring (bicyclic) bond motifs is 1. The van der Waals surface area contributed by atoms with Crippen molar-refractivity contribution in [3.05, 3.63) is 71.0 Å². The molecule has 1 unspecified atom stereocenters. The number of nitrogens with zero attached hydrogens (tertiary/aromatic N) is 2. The second-order valence-electron chi connectivity index (χ2n) is 7.46. The molecule has 0 saturated carbocycles. The molecule has 1 atom stereocenters. The molecule has 0 saturated heterocycles. The van der Waals surface area contributed by atoms with Crippen molar-refractivity contribution in [3.63, 3.8) is 0 Å². The fraction of sp³-hybridized carbons (Fsp3) is 0.174. The number of nitrogens with one attached hydrogen (secondary N) is 4. The summed E-state index contributed by atoms with van der Waals surface area (Å²) < 4.78 is 0. The van der Waals surface area contributed by atoms with Crippen molar-refractivity contribution >= 4 is 52.2 Å². The van der Waals surface area contributed by atoms with Gasteiger partial charge in [-0.25, -0.2) is 9.97 Å². The Morgan fingerprint density at radius 2 is 1.85 bits per heavy atom. The number of hydrogen-bond acceptors (Lipinski definition) is 7. The van der Waals surface area contributed by atoms with Crippen LogP contribution < -0.4 is 21.3 Å². The first-order valence-electron chi connectivity index (χ1n) is 10.2. The molecule has 1 aliphatic rings. The van der Waals surface area contributed by atoms with Crippen molar-refractivity contribution in [2.45, 2.75) is 12.8 Å². The molecule has 1 aliphatic heterocycles. The monoisotopic (exact) mass is 464 g/mol. The minimum Gasteiger partial charge on any atom is -0.369 e. The van der Waals surface area contributed by atoms with Gasteiger partial charge in [0, 0.05) is 41.0 Å². The number of carbonyl (C=O) groups is 3. The van der Waals surface area contributed by atoms with Crippen LogP contribution in [0.2, 0.25) is 5.02 Å². The maximum Gasteiger partial charge on any atom is 0.243 e. The largest absolute Gasteiger partial charge is 0.369 e. The molecule has 0 aliphatic carbocycles. The molecule has 0 spiro atoms. The van der Waals surface area contributed by atoms with E-state index in [9.17, 15) is 14.4 Å². The molecule has 4 rings (SSSR count). The quantitative estimate of drug-likeness (QED) is 0.395. The summed E-state index contributed by atoms with van der Waals surface area (Å²) in [4.78, 5) is 44.8. The minimum atomic E-state index is -0.456. The van der Waals surface area contributed by atoms with Gasteiger partial charge in [-0.05, 0) is 18.2 Å². The lowest BCUT2D eigenvalue weighted by Gasteiger charge is -2.15. The van der Waals surface area contributed by atoms with Gasteiger partial charge in [-0.3, -0.25) is 14.4 Å². The summed E-state index contributed by atoms with van der Waals surface area (Å²) >= 11 is 6.24. The highest BCUT2D eigenvalue weighted by atomic mass is 35.5. The lowest BCUT2D eigenvalue weighted by molar-refractivity contribution is -0.122. The summed E-state index contributed by atoms with van der Waals surface area (Å²) in [6.07, 6.45) is 1.41. The van der Waals surface area contributed by atoms with E-state index in [4.69, 9.17) is 11.6 Å². The SMILES string of the molecule is CC(=O)NCC(=O)Nc1cc(Cl)cc(Nc2ncnc3c2C(C(=O)c2ccccc2)CN3)c1. The van der Waals surface area contributed by atoms with Gasteiger partial charge in [0.25, 0.3) is 0 Å². The summed E-state index contributed by atoms with van der Waals surface area (Å²) in [5.74, 6) is -0.118. The van der Waals surface area contributed by atoms with Crippen molar-refractivity contribution in [2.24, 2.45) is 0 Å². The third-order valence-corrected chi connectivity index (χ3v) is 5.24. The van der Waals surface area contributed by atoms with Crippen LogP contribution >= 0.6 is 11.6 Å². The summed E-state index contributed by atoms with van der Waals surface area (Å²) in [6.45, 7) is 1.59. The number of anilines is 4. The molecule has 0 radical (unpaired) electrons. The highest BCUT2D eigenvalue weighted by molar-refractivity contribution is 6.31. The van der Waals surface area contributed by atoms with Crippen LogP contribution in [0.3, 0.4) is 0 Å². The van der Waals surface area contributed by atoms with E-state index in [-0.39, 0.29) is 24.1 Å². The third kappa shape index (κ3) is 5.27. The van der Waals surface area contributed by atoms with Gasteiger partial charge in [-0.15, -0.1) is 0 Å². The third-order valence-electron chi connectivity index (χ3n) is 5.02. The maximum absolute atomic E-state index is 13.1. The average Bonchev–Trinajstić information content (AvgIpc) is 3.23. The molecule has 0 fully saturated rings. The molecule has 4 N–H and O–H groups in total. The van der Waals surface area contributed by atoms with E-state index in [0.29, 0.717) is 45.7 Å². The second kappa shape index (κ2) is 9.66. The Balaban J connectivity index is 1.58. The summed E-state index contributed by atoms with van der Waals surface area (Å²) in [6, 6.07) is 14.0. The molecule has 9 nitrogen and oxygen atoms in total. The normalized spacial score (nSPS) is 14.1. The number of hydrogen-bond donors (Lipinski definition) is 4. The number of benzene rings is 2. The highest BCUT2D eigenvalue weighted by Crippen LogP contribution is 2.38.